The summed E-state index contributed by atoms with van der Waals surface area (Å²) in [7, 11) is 0. The minimum atomic E-state index is 0.701. The standard InChI is InChI=1S/C14H21BrN4/c15-13-8-11(16)9-17-14(13)19-7-4-12(10-19)18-5-2-1-3-6-18/h8-9,12H,1-7,10,16H2. The molecule has 1 unspecified atom stereocenters. The molecule has 2 N–H and O–H groups in total. The van der Waals surface area contributed by atoms with Gasteiger partial charge in [-0.05, 0) is 54.3 Å². The molecule has 0 saturated carbocycles. The average molecular weight is 325 g/mol. The fraction of sp³-hybridized carbons (Fsp3) is 0.643. The summed E-state index contributed by atoms with van der Waals surface area (Å²) in [5, 5.41) is 0. The molecule has 2 saturated heterocycles. The van der Waals surface area contributed by atoms with E-state index in [4.69, 9.17) is 5.73 Å². The lowest BCUT2D eigenvalue weighted by molar-refractivity contribution is 0.175. The molecule has 0 amide bonds. The number of hydrogen-bond acceptors (Lipinski definition) is 4. The monoisotopic (exact) mass is 324 g/mol. The lowest BCUT2D eigenvalue weighted by atomic mass is 10.1. The first-order valence-corrected chi connectivity index (χ1v) is 7.93. The van der Waals surface area contributed by atoms with Gasteiger partial charge in [0.25, 0.3) is 0 Å². The van der Waals surface area contributed by atoms with E-state index < -0.39 is 0 Å². The average Bonchev–Trinajstić information content (AvgIpc) is 2.89. The largest absolute Gasteiger partial charge is 0.397 e. The van der Waals surface area contributed by atoms with Gasteiger partial charge in [-0.2, -0.15) is 0 Å². The van der Waals surface area contributed by atoms with Crippen LogP contribution in [-0.2, 0) is 0 Å². The van der Waals surface area contributed by atoms with E-state index in [0.29, 0.717) is 11.7 Å². The second-order valence-electron chi connectivity index (χ2n) is 5.56. The molecular weight excluding hydrogens is 304 g/mol. The zero-order chi connectivity index (χ0) is 13.2. The van der Waals surface area contributed by atoms with Crippen molar-refractivity contribution in [2.24, 2.45) is 0 Å². The van der Waals surface area contributed by atoms with Gasteiger partial charge in [-0.1, -0.05) is 6.42 Å². The van der Waals surface area contributed by atoms with Crippen LogP contribution in [0.1, 0.15) is 25.7 Å². The van der Waals surface area contributed by atoms with E-state index >= 15 is 0 Å². The molecule has 0 aliphatic carbocycles. The Bertz CT molecular complexity index is 445. The second kappa shape index (κ2) is 5.67. The van der Waals surface area contributed by atoms with Gasteiger partial charge in [-0.25, -0.2) is 4.98 Å². The fourth-order valence-corrected chi connectivity index (χ4v) is 3.81. The number of aromatic nitrogens is 1. The third-order valence-electron chi connectivity index (χ3n) is 4.21. The molecular formula is C14H21BrN4. The van der Waals surface area contributed by atoms with Crippen LogP contribution in [0.3, 0.4) is 0 Å². The van der Waals surface area contributed by atoms with E-state index in [1.165, 1.54) is 38.8 Å². The lowest BCUT2D eigenvalue weighted by Gasteiger charge is -2.32. The molecule has 3 heterocycles. The molecule has 104 valence electrons. The van der Waals surface area contributed by atoms with Crippen molar-refractivity contribution in [1.29, 1.82) is 0 Å². The molecule has 0 aromatic carbocycles. The molecule has 2 fully saturated rings. The maximum atomic E-state index is 5.75. The number of pyridine rings is 1. The van der Waals surface area contributed by atoms with Gasteiger partial charge >= 0.3 is 0 Å². The number of likely N-dealkylation sites (tertiary alicyclic amines) is 1. The zero-order valence-corrected chi connectivity index (χ0v) is 12.8. The van der Waals surface area contributed by atoms with Crippen LogP contribution in [0.25, 0.3) is 0 Å². The van der Waals surface area contributed by atoms with Crippen molar-refractivity contribution in [3.63, 3.8) is 0 Å². The Morgan fingerprint density at radius 3 is 2.74 bits per heavy atom. The predicted molar refractivity (Wildman–Crippen MR) is 82.4 cm³/mol. The van der Waals surface area contributed by atoms with Gasteiger partial charge in [-0.3, -0.25) is 4.90 Å². The minimum Gasteiger partial charge on any atom is -0.397 e. The highest BCUT2D eigenvalue weighted by Crippen LogP contribution is 2.30. The summed E-state index contributed by atoms with van der Waals surface area (Å²) in [5.74, 6) is 1.04. The highest BCUT2D eigenvalue weighted by molar-refractivity contribution is 9.10. The molecule has 4 nitrogen and oxygen atoms in total. The summed E-state index contributed by atoms with van der Waals surface area (Å²) in [6.07, 6.45) is 7.12. The molecule has 0 bridgehead atoms. The van der Waals surface area contributed by atoms with E-state index in [1.54, 1.807) is 6.20 Å². The SMILES string of the molecule is Nc1cnc(N2CCC(N3CCCCC3)C2)c(Br)c1. The summed E-state index contributed by atoms with van der Waals surface area (Å²) in [6.45, 7) is 4.73. The Morgan fingerprint density at radius 1 is 1.21 bits per heavy atom. The van der Waals surface area contributed by atoms with Crippen LogP contribution >= 0.6 is 15.9 Å². The first kappa shape index (κ1) is 13.2. The molecule has 1 aromatic rings. The van der Waals surface area contributed by atoms with E-state index in [1.807, 2.05) is 6.07 Å². The Kier molecular flexibility index (Phi) is 3.93. The van der Waals surface area contributed by atoms with Gasteiger partial charge in [0, 0.05) is 19.1 Å². The molecule has 5 heteroatoms. The maximum absolute atomic E-state index is 5.75. The minimum absolute atomic E-state index is 0.701. The zero-order valence-electron chi connectivity index (χ0n) is 11.2. The van der Waals surface area contributed by atoms with Crippen LogP contribution in [0.2, 0.25) is 0 Å². The van der Waals surface area contributed by atoms with Crippen molar-refractivity contribution in [1.82, 2.24) is 9.88 Å². The Hall–Kier alpha value is -0.810. The van der Waals surface area contributed by atoms with Crippen molar-refractivity contribution >= 4 is 27.4 Å². The number of nitrogen functional groups attached to an aromatic ring is 1. The van der Waals surface area contributed by atoms with Gasteiger partial charge in [0.15, 0.2) is 0 Å². The lowest BCUT2D eigenvalue weighted by Crippen LogP contribution is -2.41. The maximum Gasteiger partial charge on any atom is 0.143 e. The highest BCUT2D eigenvalue weighted by atomic mass is 79.9. The number of nitrogens with two attached hydrogens (primary N) is 1. The van der Waals surface area contributed by atoms with E-state index in [0.717, 1.165) is 23.4 Å². The fourth-order valence-electron chi connectivity index (χ4n) is 3.19. The van der Waals surface area contributed by atoms with Crippen molar-refractivity contribution in [3.8, 4) is 0 Å². The first-order chi connectivity index (χ1) is 9.24. The van der Waals surface area contributed by atoms with Gasteiger partial charge in [0.05, 0.1) is 16.4 Å². The summed E-state index contributed by atoms with van der Waals surface area (Å²) >= 11 is 3.58. The van der Waals surface area contributed by atoms with Gasteiger partial charge < -0.3 is 10.6 Å². The van der Waals surface area contributed by atoms with E-state index in [9.17, 15) is 0 Å². The molecule has 1 aromatic heterocycles. The van der Waals surface area contributed by atoms with Crippen molar-refractivity contribution in [2.45, 2.75) is 31.7 Å². The van der Waals surface area contributed by atoms with Crippen LogP contribution in [0, 0.1) is 0 Å². The molecule has 1 atom stereocenters. The predicted octanol–water partition coefficient (Wildman–Crippen LogP) is 2.49. The number of rotatable bonds is 2. The number of nitrogens with zero attached hydrogens (tertiary/aromatic N) is 3. The summed E-state index contributed by atoms with van der Waals surface area (Å²) in [6, 6.07) is 2.64. The van der Waals surface area contributed by atoms with Crippen LogP contribution < -0.4 is 10.6 Å². The third kappa shape index (κ3) is 2.87. The van der Waals surface area contributed by atoms with E-state index in [-0.39, 0.29) is 0 Å². The summed E-state index contributed by atoms with van der Waals surface area (Å²) in [4.78, 5) is 9.51. The number of anilines is 2. The molecule has 0 spiro atoms. The Balaban J connectivity index is 1.67. The number of piperidine rings is 1. The number of halogens is 1. The van der Waals surface area contributed by atoms with Crippen molar-refractivity contribution in [2.75, 3.05) is 36.8 Å². The Labute approximate surface area is 123 Å². The van der Waals surface area contributed by atoms with Gasteiger partial charge in [0.1, 0.15) is 5.82 Å². The van der Waals surface area contributed by atoms with Crippen molar-refractivity contribution in [3.05, 3.63) is 16.7 Å². The first-order valence-electron chi connectivity index (χ1n) is 7.14. The third-order valence-corrected chi connectivity index (χ3v) is 4.80. The van der Waals surface area contributed by atoms with Crippen LogP contribution in [0.15, 0.2) is 16.7 Å². The van der Waals surface area contributed by atoms with Crippen LogP contribution in [0.5, 0.6) is 0 Å². The summed E-state index contributed by atoms with van der Waals surface area (Å²) < 4.78 is 1.01. The molecule has 19 heavy (non-hydrogen) atoms. The normalized spacial score (nSPS) is 24.9. The van der Waals surface area contributed by atoms with E-state index in [2.05, 4.69) is 30.7 Å². The van der Waals surface area contributed by atoms with Crippen LogP contribution in [0.4, 0.5) is 11.5 Å². The topological polar surface area (TPSA) is 45.4 Å². The Morgan fingerprint density at radius 2 is 2.00 bits per heavy atom. The van der Waals surface area contributed by atoms with Gasteiger partial charge in [-0.15, -0.1) is 0 Å². The quantitative estimate of drug-likeness (QED) is 0.907. The second-order valence-corrected chi connectivity index (χ2v) is 6.41. The molecule has 3 rings (SSSR count). The molecule has 2 aliphatic heterocycles. The molecule has 0 radical (unpaired) electrons. The van der Waals surface area contributed by atoms with Crippen LogP contribution in [-0.4, -0.2) is 42.1 Å². The van der Waals surface area contributed by atoms with Gasteiger partial charge in [0.2, 0.25) is 0 Å². The smallest absolute Gasteiger partial charge is 0.143 e. The van der Waals surface area contributed by atoms with Crippen molar-refractivity contribution < 1.29 is 0 Å². The molecule has 2 aliphatic rings. The number of hydrogen-bond donors (Lipinski definition) is 1. The highest BCUT2D eigenvalue weighted by Gasteiger charge is 2.29. The summed E-state index contributed by atoms with van der Waals surface area (Å²) in [5.41, 5.74) is 6.46.